The van der Waals surface area contributed by atoms with Gasteiger partial charge in [-0.25, -0.2) is 0 Å². The van der Waals surface area contributed by atoms with Crippen molar-refractivity contribution in [2.75, 3.05) is 13.1 Å². The van der Waals surface area contributed by atoms with Gasteiger partial charge in [0.25, 0.3) is 0 Å². The molecule has 0 aromatic heterocycles. The normalized spacial score (nSPS) is 21.9. The molecule has 0 N–H and O–H groups in total. The summed E-state index contributed by atoms with van der Waals surface area (Å²) < 4.78 is 6.00. The largest absolute Gasteiger partial charge is 0.430 e. The van der Waals surface area contributed by atoms with E-state index in [4.69, 9.17) is 4.74 Å². The molecule has 1 heterocycles. The molecule has 0 unspecified atom stereocenters. The number of ether oxygens (including phenoxy) is 1. The molecular formula is C29H33NO4. The van der Waals surface area contributed by atoms with Crippen LogP contribution >= 0.6 is 0 Å². The van der Waals surface area contributed by atoms with Crippen LogP contribution in [0.15, 0.2) is 17.9 Å². The average Bonchev–Trinajstić information content (AvgIpc) is 3.69. The second kappa shape index (κ2) is 8.73. The molecule has 1 aliphatic heterocycles. The number of carbonyl (C=O) groups is 3. The number of nitrogens with zero attached hydrogens (tertiary/aromatic N) is 1. The van der Waals surface area contributed by atoms with Crippen LogP contribution in [0.1, 0.15) is 80.5 Å². The van der Waals surface area contributed by atoms with Crippen LogP contribution in [0.25, 0.3) is 5.57 Å². The van der Waals surface area contributed by atoms with Crippen molar-refractivity contribution in [2.24, 2.45) is 17.3 Å². The van der Waals surface area contributed by atoms with E-state index in [0.717, 1.165) is 60.8 Å². The van der Waals surface area contributed by atoms with Crippen molar-refractivity contribution in [3.05, 3.63) is 40.1 Å². The fourth-order valence-corrected chi connectivity index (χ4v) is 5.68. The molecule has 1 aromatic carbocycles. The van der Waals surface area contributed by atoms with Gasteiger partial charge in [-0.05, 0) is 93.5 Å². The fraction of sp³-hybridized carbons (Fsp3) is 0.552. The third-order valence-electron chi connectivity index (χ3n) is 7.88. The number of ketones is 1. The first-order chi connectivity index (χ1) is 16.3. The fourth-order valence-electron chi connectivity index (χ4n) is 5.68. The maximum atomic E-state index is 13.7. The van der Waals surface area contributed by atoms with Crippen molar-refractivity contribution in [2.45, 2.75) is 72.1 Å². The number of amides is 1. The van der Waals surface area contributed by atoms with Crippen LogP contribution in [0.5, 0.6) is 0 Å². The maximum absolute atomic E-state index is 13.7. The van der Waals surface area contributed by atoms with Gasteiger partial charge in [-0.2, -0.15) is 0 Å². The minimum atomic E-state index is -0.241. The summed E-state index contributed by atoms with van der Waals surface area (Å²) in [4.78, 5) is 41.0. The average molecular weight is 460 g/mol. The van der Waals surface area contributed by atoms with Gasteiger partial charge >= 0.3 is 5.97 Å². The highest BCUT2D eigenvalue weighted by Crippen LogP contribution is 2.49. The number of hydrogen-bond donors (Lipinski definition) is 0. The molecule has 0 bridgehead atoms. The van der Waals surface area contributed by atoms with Crippen LogP contribution < -0.4 is 0 Å². The molecule has 3 aliphatic carbocycles. The van der Waals surface area contributed by atoms with Gasteiger partial charge in [0.15, 0.2) is 5.78 Å². The number of hydrogen-bond acceptors (Lipinski definition) is 4. The zero-order valence-corrected chi connectivity index (χ0v) is 20.5. The Hall–Kier alpha value is -2.87. The molecule has 4 aliphatic rings. The van der Waals surface area contributed by atoms with Crippen LogP contribution in [-0.2, 0) is 19.1 Å². The van der Waals surface area contributed by atoms with Crippen LogP contribution in [0, 0.1) is 42.9 Å². The standard InChI is InChI=1S/C29H33NO4/c1-4-5-20-14-18(2)25(19(3)15-20)26-23(31)16-29(17-24(26)34-28(33)22-8-9-22)10-12-30(13-11-29)27(32)21-6-7-21/h14-15,21-22H,6-13,16-17H2,1-3H3. The zero-order chi connectivity index (χ0) is 24.0. The second-order valence-electron chi connectivity index (χ2n) is 10.7. The lowest BCUT2D eigenvalue weighted by Gasteiger charge is -2.44. The Morgan fingerprint density at radius 1 is 1.00 bits per heavy atom. The van der Waals surface area contributed by atoms with E-state index in [9.17, 15) is 14.4 Å². The predicted octanol–water partition coefficient (Wildman–Crippen LogP) is 4.72. The monoisotopic (exact) mass is 459 g/mol. The molecule has 178 valence electrons. The predicted molar refractivity (Wildman–Crippen MR) is 129 cm³/mol. The summed E-state index contributed by atoms with van der Waals surface area (Å²) in [6.45, 7) is 7.17. The van der Waals surface area contributed by atoms with Gasteiger partial charge in [0, 0.05) is 37.4 Å². The van der Waals surface area contributed by atoms with E-state index in [0.29, 0.717) is 37.3 Å². The first-order valence-electron chi connectivity index (χ1n) is 12.6. The minimum absolute atomic E-state index is 0.0378. The Morgan fingerprint density at radius 2 is 1.62 bits per heavy atom. The van der Waals surface area contributed by atoms with Crippen molar-refractivity contribution in [1.82, 2.24) is 4.90 Å². The van der Waals surface area contributed by atoms with Crippen LogP contribution in [-0.4, -0.2) is 35.6 Å². The van der Waals surface area contributed by atoms with Crippen LogP contribution in [0.3, 0.4) is 0 Å². The van der Waals surface area contributed by atoms with Gasteiger partial charge in [-0.3, -0.25) is 14.4 Å². The third-order valence-corrected chi connectivity index (χ3v) is 7.88. The quantitative estimate of drug-likeness (QED) is 0.483. The van der Waals surface area contributed by atoms with Crippen molar-refractivity contribution < 1.29 is 19.1 Å². The number of esters is 1. The summed E-state index contributed by atoms with van der Waals surface area (Å²) in [7, 11) is 0. The maximum Gasteiger partial charge on any atom is 0.314 e. The van der Waals surface area contributed by atoms with Gasteiger partial charge in [0.2, 0.25) is 5.91 Å². The number of rotatable bonds is 4. The molecular weight excluding hydrogens is 426 g/mol. The number of benzene rings is 1. The molecule has 34 heavy (non-hydrogen) atoms. The minimum Gasteiger partial charge on any atom is -0.430 e. The van der Waals surface area contributed by atoms with Gasteiger partial charge in [0.1, 0.15) is 5.76 Å². The van der Waals surface area contributed by atoms with Gasteiger partial charge in [-0.1, -0.05) is 5.92 Å². The zero-order valence-electron chi connectivity index (χ0n) is 20.5. The molecule has 5 heteroatoms. The number of aryl methyl sites for hydroxylation is 2. The van der Waals surface area contributed by atoms with Gasteiger partial charge in [-0.15, -0.1) is 5.92 Å². The molecule has 1 amide bonds. The van der Waals surface area contributed by atoms with Crippen molar-refractivity contribution in [1.29, 1.82) is 0 Å². The summed E-state index contributed by atoms with van der Waals surface area (Å²) in [5.74, 6) is 6.87. The molecule has 1 spiro atoms. The van der Waals surface area contributed by atoms with E-state index >= 15 is 0 Å². The second-order valence-corrected chi connectivity index (χ2v) is 10.7. The first-order valence-corrected chi connectivity index (χ1v) is 12.6. The van der Waals surface area contributed by atoms with E-state index < -0.39 is 0 Å². The number of Topliss-reactive ketones (excluding diaryl/α,β-unsaturated/α-hetero) is 1. The number of likely N-dealkylation sites (tertiary alicyclic amines) is 1. The lowest BCUT2D eigenvalue weighted by molar-refractivity contribution is -0.142. The summed E-state index contributed by atoms with van der Waals surface area (Å²) in [6.07, 6.45) is 6.31. The lowest BCUT2D eigenvalue weighted by Crippen LogP contribution is -2.46. The highest BCUT2D eigenvalue weighted by atomic mass is 16.5. The summed E-state index contributed by atoms with van der Waals surface area (Å²) in [5, 5.41) is 0. The molecule has 5 nitrogen and oxygen atoms in total. The van der Waals surface area contributed by atoms with Gasteiger partial charge < -0.3 is 9.64 Å². The Bertz CT molecular complexity index is 1130. The number of carbonyl (C=O) groups excluding carboxylic acids is 3. The summed E-state index contributed by atoms with van der Waals surface area (Å²) >= 11 is 0. The molecule has 2 saturated carbocycles. The molecule has 1 aromatic rings. The smallest absolute Gasteiger partial charge is 0.314 e. The lowest BCUT2D eigenvalue weighted by atomic mass is 9.66. The summed E-state index contributed by atoms with van der Waals surface area (Å²) in [6, 6.07) is 4.01. The number of piperidine rings is 1. The Labute approximate surface area is 201 Å². The van der Waals surface area contributed by atoms with Gasteiger partial charge in [0.05, 0.1) is 11.5 Å². The molecule has 0 radical (unpaired) electrons. The van der Waals surface area contributed by atoms with Crippen LogP contribution in [0.4, 0.5) is 0 Å². The Morgan fingerprint density at radius 3 is 2.18 bits per heavy atom. The van der Waals surface area contributed by atoms with E-state index in [1.165, 1.54) is 0 Å². The van der Waals surface area contributed by atoms with Crippen molar-refractivity contribution in [3.8, 4) is 11.8 Å². The van der Waals surface area contributed by atoms with E-state index in [1.54, 1.807) is 0 Å². The van der Waals surface area contributed by atoms with E-state index in [2.05, 4.69) is 11.8 Å². The van der Waals surface area contributed by atoms with Crippen LogP contribution in [0.2, 0.25) is 0 Å². The highest BCUT2D eigenvalue weighted by Gasteiger charge is 2.46. The van der Waals surface area contributed by atoms with Crippen molar-refractivity contribution in [3.63, 3.8) is 0 Å². The van der Waals surface area contributed by atoms with E-state index in [1.807, 2.05) is 37.8 Å². The molecule has 3 fully saturated rings. The Kier molecular flexibility index (Phi) is 5.88. The highest BCUT2D eigenvalue weighted by molar-refractivity contribution is 6.23. The number of allylic oxidation sites excluding steroid dienone is 2. The van der Waals surface area contributed by atoms with Crippen molar-refractivity contribution >= 4 is 23.2 Å². The summed E-state index contributed by atoms with van der Waals surface area (Å²) in [5.41, 5.74) is 4.08. The third kappa shape index (κ3) is 4.43. The molecule has 1 saturated heterocycles. The Balaban J connectivity index is 1.48. The van der Waals surface area contributed by atoms with E-state index in [-0.39, 0.29) is 34.9 Å². The molecule has 5 rings (SSSR count). The molecule has 0 atom stereocenters. The first kappa shape index (κ1) is 22.9. The SMILES string of the molecule is CC#Cc1cc(C)c(C2=C(OC(=O)C3CC3)CC3(CCN(C(=O)C4CC4)CC3)CC2=O)c(C)c1. The topological polar surface area (TPSA) is 63.7 Å².